The first-order valence-electron chi connectivity index (χ1n) is 9.29. The van der Waals surface area contributed by atoms with Crippen LogP contribution in [0.3, 0.4) is 0 Å². The number of hydrogen-bond acceptors (Lipinski definition) is 2. The smallest absolute Gasteiger partial charge is 0.233 e. The Morgan fingerprint density at radius 3 is 2.44 bits per heavy atom. The van der Waals surface area contributed by atoms with Crippen LogP contribution in [0.15, 0.2) is 24.3 Å². The van der Waals surface area contributed by atoms with E-state index in [0.717, 1.165) is 44.2 Å². The molecule has 2 amide bonds. The molecule has 2 unspecified atom stereocenters. The van der Waals surface area contributed by atoms with E-state index in [0.29, 0.717) is 17.5 Å². The van der Waals surface area contributed by atoms with Crippen LogP contribution < -0.4 is 5.32 Å². The first-order chi connectivity index (χ1) is 12.0. The number of likely N-dealkylation sites (tertiary alicyclic amines) is 1. The summed E-state index contributed by atoms with van der Waals surface area (Å²) in [6.45, 7) is 5.07. The van der Waals surface area contributed by atoms with Gasteiger partial charge in [0.2, 0.25) is 11.8 Å². The Morgan fingerprint density at radius 1 is 1.24 bits per heavy atom. The van der Waals surface area contributed by atoms with Gasteiger partial charge in [0.05, 0.1) is 11.5 Å². The van der Waals surface area contributed by atoms with Gasteiger partial charge in [-0.3, -0.25) is 9.59 Å². The summed E-state index contributed by atoms with van der Waals surface area (Å²) < 4.78 is 0. The van der Waals surface area contributed by atoms with E-state index in [2.05, 4.69) is 12.2 Å². The predicted molar refractivity (Wildman–Crippen MR) is 99.6 cm³/mol. The molecule has 1 aliphatic heterocycles. The lowest BCUT2D eigenvalue weighted by molar-refractivity contribution is -0.140. The molecular formula is C20H27ClN2O2. The van der Waals surface area contributed by atoms with Gasteiger partial charge in [-0.25, -0.2) is 0 Å². The predicted octanol–water partition coefficient (Wildman–Crippen LogP) is 3.52. The number of nitrogens with zero attached hydrogens (tertiary/aromatic N) is 1. The van der Waals surface area contributed by atoms with Crippen molar-refractivity contribution in [3.63, 3.8) is 0 Å². The maximum atomic E-state index is 13.4. The topological polar surface area (TPSA) is 49.4 Å². The molecule has 4 nitrogen and oxygen atoms in total. The molecule has 1 N–H and O–H groups in total. The molecule has 1 aliphatic carbocycles. The molecule has 136 valence electrons. The lowest BCUT2D eigenvalue weighted by Gasteiger charge is -2.43. The highest BCUT2D eigenvalue weighted by atomic mass is 35.5. The van der Waals surface area contributed by atoms with Crippen molar-refractivity contribution in [2.45, 2.75) is 57.4 Å². The van der Waals surface area contributed by atoms with Crippen molar-refractivity contribution in [3.05, 3.63) is 34.9 Å². The molecule has 0 radical (unpaired) electrons. The highest BCUT2D eigenvalue weighted by Crippen LogP contribution is 2.46. The fraction of sp³-hybridized carbons (Fsp3) is 0.600. The number of halogens is 1. The second-order valence-corrected chi connectivity index (χ2v) is 7.94. The fourth-order valence-electron chi connectivity index (χ4n) is 4.35. The van der Waals surface area contributed by atoms with E-state index in [1.165, 1.54) is 0 Å². The van der Waals surface area contributed by atoms with Gasteiger partial charge in [-0.1, -0.05) is 43.5 Å². The van der Waals surface area contributed by atoms with Crippen LogP contribution in [-0.2, 0) is 15.0 Å². The molecule has 0 aromatic heterocycles. The molecule has 3 rings (SSSR count). The third-order valence-electron chi connectivity index (χ3n) is 5.79. The molecule has 25 heavy (non-hydrogen) atoms. The lowest BCUT2D eigenvalue weighted by atomic mass is 9.63. The van der Waals surface area contributed by atoms with Gasteiger partial charge in [-0.15, -0.1) is 0 Å². The number of rotatable bonds is 5. The Balaban J connectivity index is 1.79. The molecule has 1 aromatic carbocycles. The van der Waals surface area contributed by atoms with Crippen LogP contribution in [0.4, 0.5) is 0 Å². The van der Waals surface area contributed by atoms with Gasteiger partial charge >= 0.3 is 0 Å². The molecule has 5 heteroatoms. The molecular weight excluding hydrogens is 336 g/mol. The summed E-state index contributed by atoms with van der Waals surface area (Å²) >= 11 is 6.02. The number of amides is 2. The minimum absolute atomic E-state index is 0.0172. The Kier molecular flexibility index (Phi) is 5.38. The Hall–Kier alpha value is -1.55. The highest BCUT2D eigenvalue weighted by molar-refractivity contribution is 6.30. The Labute approximate surface area is 154 Å². The van der Waals surface area contributed by atoms with Crippen molar-refractivity contribution in [1.29, 1.82) is 0 Å². The number of nitrogens with one attached hydrogen (secondary N) is 1. The van der Waals surface area contributed by atoms with E-state index in [4.69, 9.17) is 11.6 Å². The maximum Gasteiger partial charge on any atom is 0.233 e. The number of carbonyl (C=O) groups excluding carboxylic acids is 2. The zero-order chi connectivity index (χ0) is 18.0. The largest absolute Gasteiger partial charge is 0.351 e. The molecule has 1 saturated carbocycles. The molecule has 0 bridgehead atoms. The highest BCUT2D eigenvalue weighted by Gasteiger charge is 2.49. The summed E-state index contributed by atoms with van der Waals surface area (Å²) in [5.41, 5.74) is 0.676. The minimum atomic E-state index is -0.396. The quantitative estimate of drug-likeness (QED) is 0.871. The Morgan fingerprint density at radius 2 is 1.92 bits per heavy atom. The first kappa shape index (κ1) is 18.2. The van der Waals surface area contributed by atoms with E-state index in [1.807, 2.05) is 29.2 Å². The van der Waals surface area contributed by atoms with Gasteiger partial charge in [0.1, 0.15) is 0 Å². The minimum Gasteiger partial charge on any atom is -0.351 e. The normalized spacial score (nSPS) is 24.7. The van der Waals surface area contributed by atoms with Crippen LogP contribution in [0.25, 0.3) is 0 Å². The Bertz CT molecular complexity index is 640. The zero-order valence-electron chi connectivity index (χ0n) is 15.1. The van der Waals surface area contributed by atoms with Crippen LogP contribution >= 0.6 is 11.6 Å². The SMILES string of the molecule is CCCC1CN(C(=O)C2(c3ccc(Cl)cc3)CCC2)CC1NC(C)=O. The summed E-state index contributed by atoms with van der Waals surface area (Å²) in [5, 5.41) is 3.74. The van der Waals surface area contributed by atoms with Crippen molar-refractivity contribution >= 4 is 23.4 Å². The van der Waals surface area contributed by atoms with Crippen molar-refractivity contribution in [1.82, 2.24) is 10.2 Å². The van der Waals surface area contributed by atoms with Crippen LogP contribution in [0, 0.1) is 5.92 Å². The summed E-state index contributed by atoms with van der Waals surface area (Å²) in [6, 6.07) is 7.79. The van der Waals surface area contributed by atoms with E-state index < -0.39 is 5.41 Å². The molecule has 2 aliphatic rings. The summed E-state index contributed by atoms with van der Waals surface area (Å²) in [7, 11) is 0. The summed E-state index contributed by atoms with van der Waals surface area (Å²) in [4.78, 5) is 26.9. The van der Waals surface area contributed by atoms with E-state index in [1.54, 1.807) is 6.92 Å². The van der Waals surface area contributed by atoms with E-state index in [9.17, 15) is 9.59 Å². The number of carbonyl (C=O) groups is 2. The van der Waals surface area contributed by atoms with E-state index in [-0.39, 0.29) is 17.9 Å². The van der Waals surface area contributed by atoms with Gasteiger partial charge < -0.3 is 10.2 Å². The van der Waals surface area contributed by atoms with Gasteiger partial charge in [-0.2, -0.15) is 0 Å². The van der Waals surface area contributed by atoms with Crippen molar-refractivity contribution in [2.24, 2.45) is 5.92 Å². The summed E-state index contributed by atoms with van der Waals surface area (Å²) in [5.74, 6) is 0.548. The van der Waals surface area contributed by atoms with E-state index >= 15 is 0 Å². The van der Waals surface area contributed by atoms with Crippen LogP contribution in [0.2, 0.25) is 5.02 Å². The third-order valence-corrected chi connectivity index (χ3v) is 6.04. The van der Waals surface area contributed by atoms with Crippen LogP contribution in [0.1, 0.15) is 51.5 Å². The molecule has 2 fully saturated rings. The number of hydrogen-bond donors (Lipinski definition) is 1. The molecule has 1 aromatic rings. The molecule has 0 spiro atoms. The van der Waals surface area contributed by atoms with Gasteiger partial charge in [0.15, 0.2) is 0 Å². The van der Waals surface area contributed by atoms with Crippen molar-refractivity contribution in [2.75, 3.05) is 13.1 Å². The lowest BCUT2D eigenvalue weighted by Crippen LogP contribution is -2.51. The molecule has 2 atom stereocenters. The van der Waals surface area contributed by atoms with Crippen molar-refractivity contribution < 1.29 is 9.59 Å². The molecule has 1 heterocycles. The third kappa shape index (κ3) is 3.55. The second-order valence-electron chi connectivity index (χ2n) is 7.51. The zero-order valence-corrected chi connectivity index (χ0v) is 15.8. The second kappa shape index (κ2) is 7.36. The average molecular weight is 363 g/mol. The average Bonchev–Trinajstić information content (AvgIpc) is 2.90. The monoisotopic (exact) mass is 362 g/mol. The maximum absolute atomic E-state index is 13.4. The van der Waals surface area contributed by atoms with Gasteiger partial charge in [0, 0.05) is 25.0 Å². The van der Waals surface area contributed by atoms with Crippen LogP contribution in [0.5, 0.6) is 0 Å². The van der Waals surface area contributed by atoms with Gasteiger partial charge in [0.25, 0.3) is 0 Å². The van der Waals surface area contributed by atoms with Gasteiger partial charge in [-0.05, 0) is 42.9 Å². The van der Waals surface area contributed by atoms with Crippen LogP contribution in [-0.4, -0.2) is 35.8 Å². The first-order valence-corrected chi connectivity index (χ1v) is 9.66. The standard InChI is InChI=1S/C20H27ClN2O2/c1-3-5-15-12-23(13-18(15)22-14(2)24)19(25)20(10-4-11-20)16-6-8-17(21)9-7-16/h6-9,15,18H,3-5,10-13H2,1-2H3,(H,22,24). The number of benzene rings is 1. The molecule has 1 saturated heterocycles. The summed E-state index contributed by atoms with van der Waals surface area (Å²) in [6.07, 6.45) is 4.96. The fourth-order valence-corrected chi connectivity index (χ4v) is 4.48. The van der Waals surface area contributed by atoms with Crippen molar-refractivity contribution in [3.8, 4) is 0 Å².